The van der Waals surface area contributed by atoms with Crippen LogP contribution in [0.15, 0.2) is 48.7 Å². The minimum absolute atomic E-state index is 0.00956. The summed E-state index contributed by atoms with van der Waals surface area (Å²) in [5, 5.41) is 9.92. The fraction of sp³-hybridized carbons (Fsp3) is 0.357. The van der Waals surface area contributed by atoms with Gasteiger partial charge in [-0.15, -0.1) is 0 Å². The van der Waals surface area contributed by atoms with E-state index in [9.17, 15) is 9.59 Å². The number of carbonyl (C=O) groups excluding carboxylic acids is 2. The second-order valence-corrected chi connectivity index (χ2v) is 10.7. The van der Waals surface area contributed by atoms with Crippen molar-refractivity contribution in [2.75, 3.05) is 35.6 Å². The number of likely N-dealkylation sites (tertiary alicyclic amines) is 1. The van der Waals surface area contributed by atoms with Crippen LogP contribution in [0.25, 0.3) is 0 Å². The topological polar surface area (TPSA) is 125 Å². The molecule has 0 unspecified atom stereocenters. The summed E-state index contributed by atoms with van der Waals surface area (Å²) >= 11 is 6.39. The molecule has 1 aromatic heterocycles. The molecule has 10 heteroatoms. The normalized spacial score (nSPS) is 16.6. The Morgan fingerprint density at radius 1 is 1.18 bits per heavy atom. The third kappa shape index (κ3) is 5.16. The van der Waals surface area contributed by atoms with Gasteiger partial charge in [-0.05, 0) is 67.5 Å². The molecule has 0 bridgehead atoms. The van der Waals surface area contributed by atoms with Crippen molar-refractivity contribution in [1.82, 2.24) is 14.9 Å². The smallest absolute Gasteiger partial charge is 0.236 e. The van der Waals surface area contributed by atoms with Crippen LogP contribution >= 0.6 is 11.6 Å². The highest BCUT2D eigenvalue weighted by Crippen LogP contribution is 2.40. The molecule has 9 nitrogen and oxygen atoms in total. The monoisotopic (exact) mass is 533 g/mol. The van der Waals surface area contributed by atoms with Crippen LogP contribution in [-0.4, -0.2) is 46.3 Å². The number of halogens is 1. The average molecular weight is 534 g/mol. The van der Waals surface area contributed by atoms with Crippen molar-refractivity contribution < 1.29 is 9.59 Å². The van der Waals surface area contributed by atoms with Crippen LogP contribution in [0.1, 0.15) is 49.3 Å². The lowest BCUT2D eigenvalue weighted by atomic mass is 9.83. The molecule has 198 valence electrons. The number of fused-ring (bicyclic) bond motifs is 1. The number of hydrogen-bond donors (Lipinski definition) is 4. The van der Waals surface area contributed by atoms with E-state index in [1.807, 2.05) is 49.1 Å². The van der Waals surface area contributed by atoms with E-state index in [1.165, 1.54) is 5.56 Å². The lowest BCUT2D eigenvalue weighted by molar-refractivity contribution is -0.130. The van der Waals surface area contributed by atoms with E-state index >= 15 is 0 Å². The Bertz CT molecular complexity index is 1350. The highest BCUT2D eigenvalue weighted by molar-refractivity contribution is 6.32. The second kappa shape index (κ2) is 10.6. The summed E-state index contributed by atoms with van der Waals surface area (Å²) in [4.78, 5) is 35.0. The van der Waals surface area contributed by atoms with Gasteiger partial charge in [-0.2, -0.15) is 4.98 Å². The van der Waals surface area contributed by atoms with Gasteiger partial charge >= 0.3 is 0 Å². The zero-order valence-corrected chi connectivity index (χ0v) is 22.3. The molecule has 3 aromatic rings. The van der Waals surface area contributed by atoms with Gasteiger partial charge in [0.05, 0.1) is 18.2 Å². The number of nitrogens with one attached hydrogen (secondary N) is 3. The summed E-state index contributed by atoms with van der Waals surface area (Å²) < 4.78 is 0. The molecule has 2 aromatic carbocycles. The van der Waals surface area contributed by atoms with Gasteiger partial charge < -0.3 is 26.6 Å². The molecular formula is C28H32ClN7O2. The Morgan fingerprint density at radius 2 is 1.92 bits per heavy atom. The quantitative estimate of drug-likeness (QED) is 0.355. The predicted octanol–water partition coefficient (Wildman–Crippen LogP) is 4.38. The molecule has 0 spiro atoms. The lowest BCUT2D eigenvalue weighted by Gasteiger charge is -2.32. The van der Waals surface area contributed by atoms with Gasteiger partial charge in [0.15, 0.2) is 5.82 Å². The van der Waals surface area contributed by atoms with E-state index in [1.54, 1.807) is 6.20 Å². The third-order valence-corrected chi connectivity index (χ3v) is 7.72. The largest absolute Gasteiger partial charge is 0.365 e. The fourth-order valence-electron chi connectivity index (χ4n) is 5.27. The Hall–Kier alpha value is -3.69. The highest BCUT2D eigenvalue weighted by atomic mass is 35.5. The maximum absolute atomic E-state index is 12.4. The molecule has 0 aliphatic carbocycles. The molecule has 0 radical (unpaired) electrons. The first kappa shape index (κ1) is 25.9. The van der Waals surface area contributed by atoms with Gasteiger partial charge in [-0.1, -0.05) is 35.9 Å². The maximum atomic E-state index is 12.4. The predicted molar refractivity (Wildman–Crippen MR) is 150 cm³/mol. The summed E-state index contributed by atoms with van der Waals surface area (Å²) in [5.41, 5.74) is 9.83. The molecule has 0 saturated carbocycles. The zero-order valence-electron chi connectivity index (χ0n) is 21.6. The molecule has 1 fully saturated rings. The van der Waals surface area contributed by atoms with Gasteiger partial charge in [-0.25, -0.2) is 4.98 Å². The standard InChI is InChI=1S/C28H32ClN7O2/c1-28(2)24-19(4-3-5-22(24)34-26(28)38)15-31-25-21(29)16-32-27(35-25)33-20-8-6-17(7-9-20)18-10-12-36(13-11-18)23(37)14-30/h3-9,16,18H,10-15,30H2,1-2H3,(H,34,38)(H2,31,32,33,35). The Labute approximate surface area is 227 Å². The van der Waals surface area contributed by atoms with E-state index in [4.69, 9.17) is 17.3 Å². The summed E-state index contributed by atoms with van der Waals surface area (Å²) in [6, 6.07) is 14.1. The number of aromatic nitrogens is 2. The van der Waals surface area contributed by atoms with Crippen molar-refractivity contribution in [3.05, 3.63) is 70.4 Å². The van der Waals surface area contributed by atoms with Crippen LogP contribution in [-0.2, 0) is 21.5 Å². The summed E-state index contributed by atoms with van der Waals surface area (Å²) in [5.74, 6) is 1.36. The fourth-order valence-corrected chi connectivity index (χ4v) is 5.43. The van der Waals surface area contributed by atoms with Crippen molar-refractivity contribution in [2.45, 2.75) is 44.6 Å². The van der Waals surface area contributed by atoms with E-state index in [2.05, 4.69) is 38.1 Å². The van der Waals surface area contributed by atoms with Crippen LogP contribution in [0.5, 0.6) is 0 Å². The van der Waals surface area contributed by atoms with E-state index in [0.29, 0.717) is 29.3 Å². The van der Waals surface area contributed by atoms with Gasteiger partial charge in [0.2, 0.25) is 17.8 Å². The van der Waals surface area contributed by atoms with E-state index in [-0.39, 0.29) is 18.4 Å². The zero-order chi connectivity index (χ0) is 26.9. The first-order chi connectivity index (χ1) is 18.3. The summed E-state index contributed by atoms with van der Waals surface area (Å²) in [7, 11) is 0. The molecular weight excluding hydrogens is 502 g/mol. The number of benzene rings is 2. The van der Waals surface area contributed by atoms with Crippen molar-refractivity contribution in [2.24, 2.45) is 5.73 Å². The van der Waals surface area contributed by atoms with E-state index < -0.39 is 5.41 Å². The molecule has 5 rings (SSSR count). The Morgan fingerprint density at radius 3 is 2.63 bits per heavy atom. The van der Waals surface area contributed by atoms with Crippen molar-refractivity contribution in [1.29, 1.82) is 0 Å². The third-order valence-electron chi connectivity index (χ3n) is 7.44. The first-order valence-corrected chi connectivity index (χ1v) is 13.2. The van der Waals surface area contributed by atoms with Gasteiger partial charge in [0.1, 0.15) is 5.02 Å². The van der Waals surface area contributed by atoms with Crippen LogP contribution in [0, 0.1) is 0 Å². The molecule has 2 aliphatic rings. The Kier molecular flexibility index (Phi) is 7.23. The van der Waals surface area contributed by atoms with E-state index in [0.717, 1.165) is 48.4 Å². The number of nitrogens with two attached hydrogens (primary N) is 1. The first-order valence-electron chi connectivity index (χ1n) is 12.8. The number of amides is 2. The van der Waals surface area contributed by atoms with Crippen LogP contribution in [0.3, 0.4) is 0 Å². The lowest BCUT2D eigenvalue weighted by Crippen LogP contribution is -2.41. The molecule has 5 N–H and O–H groups in total. The van der Waals surface area contributed by atoms with Gasteiger partial charge in [-0.3, -0.25) is 9.59 Å². The second-order valence-electron chi connectivity index (χ2n) is 10.3. The number of rotatable bonds is 7. The van der Waals surface area contributed by atoms with Gasteiger partial charge in [0.25, 0.3) is 0 Å². The molecule has 0 atom stereocenters. The van der Waals surface area contributed by atoms with Crippen molar-refractivity contribution in [3.63, 3.8) is 0 Å². The van der Waals surface area contributed by atoms with Crippen LogP contribution in [0.2, 0.25) is 5.02 Å². The number of piperidine rings is 1. The Balaban J connectivity index is 1.23. The average Bonchev–Trinajstić information content (AvgIpc) is 3.17. The van der Waals surface area contributed by atoms with Crippen LogP contribution < -0.4 is 21.7 Å². The molecule has 2 aliphatic heterocycles. The van der Waals surface area contributed by atoms with Crippen LogP contribution in [0.4, 0.5) is 23.1 Å². The highest BCUT2D eigenvalue weighted by Gasteiger charge is 2.39. The number of hydrogen-bond acceptors (Lipinski definition) is 7. The SMILES string of the molecule is CC1(C)C(=O)Nc2cccc(CNc3nc(Nc4ccc(C5CCN(C(=O)CN)CC5)cc4)ncc3Cl)c21. The summed E-state index contributed by atoms with van der Waals surface area (Å²) in [6.07, 6.45) is 3.42. The number of nitrogens with zero attached hydrogens (tertiary/aromatic N) is 3. The molecule has 1 saturated heterocycles. The number of anilines is 4. The minimum Gasteiger partial charge on any atom is -0.365 e. The summed E-state index contributed by atoms with van der Waals surface area (Å²) in [6.45, 7) is 5.86. The maximum Gasteiger partial charge on any atom is 0.236 e. The molecule has 38 heavy (non-hydrogen) atoms. The number of carbonyl (C=O) groups is 2. The van der Waals surface area contributed by atoms with Gasteiger partial charge in [0, 0.05) is 31.0 Å². The minimum atomic E-state index is -0.610. The molecule has 2 amide bonds. The van der Waals surface area contributed by atoms with Crippen molar-refractivity contribution in [3.8, 4) is 0 Å². The van der Waals surface area contributed by atoms with Crippen molar-refractivity contribution >= 4 is 46.6 Å². The molecule has 3 heterocycles.